The quantitative estimate of drug-likeness (QED) is 0.600. The summed E-state index contributed by atoms with van der Waals surface area (Å²) in [4.78, 5) is 10.6. The van der Waals surface area contributed by atoms with Gasteiger partial charge in [0, 0.05) is 13.5 Å². The number of hydrogen-bond acceptors (Lipinski definition) is 1. The fourth-order valence-electron chi connectivity index (χ4n) is 0.867. The second kappa shape index (κ2) is 2.85. The maximum atomic E-state index is 10.6. The average molecular weight is 127 g/mol. The minimum Gasteiger partial charge on any atom is -0.359 e. The molecule has 1 aliphatic carbocycles. The van der Waals surface area contributed by atoms with E-state index >= 15 is 0 Å². The molecular formula is C7H13NO. The van der Waals surface area contributed by atoms with Gasteiger partial charge < -0.3 is 5.32 Å². The number of hydrogen-bond donors (Lipinski definition) is 1. The first kappa shape index (κ1) is 6.59. The van der Waals surface area contributed by atoms with E-state index in [4.69, 9.17) is 0 Å². The number of carbonyl (C=O) groups excluding carboxylic acids is 1. The fraction of sp³-hybridized carbons (Fsp3) is 0.857. The first-order valence-corrected chi connectivity index (χ1v) is 3.53. The van der Waals surface area contributed by atoms with Crippen molar-refractivity contribution in [2.45, 2.75) is 25.7 Å². The molecule has 0 unspecified atom stereocenters. The van der Waals surface area contributed by atoms with Crippen LogP contribution >= 0.6 is 0 Å². The molecule has 0 aliphatic heterocycles. The van der Waals surface area contributed by atoms with Gasteiger partial charge in [0.1, 0.15) is 0 Å². The molecule has 0 heterocycles. The lowest BCUT2D eigenvalue weighted by Crippen LogP contribution is -2.17. The van der Waals surface area contributed by atoms with E-state index in [1.54, 1.807) is 7.05 Å². The molecule has 2 heteroatoms. The lowest BCUT2D eigenvalue weighted by Gasteiger charge is -1.95. The van der Waals surface area contributed by atoms with Crippen LogP contribution in [0.3, 0.4) is 0 Å². The normalized spacial score (nSPS) is 17.4. The van der Waals surface area contributed by atoms with E-state index in [1.807, 2.05) is 0 Å². The van der Waals surface area contributed by atoms with Crippen LogP contribution in [0.4, 0.5) is 0 Å². The summed E-state index contributed by atoms with van der Waals surface area (Å²) >= 11 is 0. The third kappa shape index (κ3) is 2.49. The summed E-state index contributed by atoms with van der Waals surface area (Å²) in [5.74, 6) is 1.06. The highest BCUT2D eigenvalue weighted by molar-refractivity contribution is 5.75. The van der Waals surface area contributed by atoms with Crippen LogP contribution in [0.5, 0.6) is 0 Å². The Balaban J connectivity index is 1.96. The summed E-state index contributed by atoms with van der Waals surface area (Å²) in [5.41, 5.74) is 0. The van der Waals surface area contributed by atoms with Gasteiger partial charge in [0.15, 0.2) is 0 Å². The topological polar surface area (TPSA) is 29.1 Å². The van der Waals surface area contributed by atoms with E-state index in [-0.39, 0.29) is 5.91 Å². The van der Waals surface area contributed by atoms with Crippen molar-refractivity contribution in [3.05, 3.63) is 0 Å². The molecule has 1 fully saturated rings. The number of nitrogens with one attached hydrogen (secondary N) is 1. The Morgan fingerprint density at radius 3 is 2.78 bits per heavy atom. The minimum absolute atomic E-state index is 0.182. The number of rotatable bonds is 3. The highest BCUT2D eigenvalue weighted by atomic mass is 16.1. The van der Waals surface area contributed by atoms with Crippen molar-refractivity contribution in [1.29, 1.82) is 0 Å². The number of carbonyl (C=O) groups is 1. The SMILES string of the molecule is CNC(=O)CCC1CC1. The van der Waals surface area contributed by atoms with Crippen molar-refractivity contribution in [1.82, 2.24) is 5.32 Å². The summed E-state index contributed by atoms with van der Waals surface area (Å²) in [7, 11) is 1.69. The number of amides is 1. The first-order chi connectivity index (χ1) is 4.33. The van der Waals surface area contributed by atoms with Crippen molar-refractivity contribution in [2.75, 3.05) is 7.05 Å². The smallest absolute Gasteiger partial charge is 0.219 e. The molecule has 0 radical (unpaired) electrons. The Morgan fingerprint density at radius 1 is 1.67 bits per heavy atom. The van der Waals surface area contributed by atoms with Gasteiger partial charge in [-0.15, -0.1) is 0 Å². The molecule has 0 aromatic carbocycles. The summed E-state index contributed by atoms with van der Waals surface area (Å²) in [6.07, 6.45) is 4.51. The molecule has 1 amide bonds. The zero-order valence-electron chi connectivity index (χ0n) is 5.81. The second-order valence-corrected chi connectivity index (χ2v) is 2.66. The lowest BCUT2D eigenvalue weighted by atomic mass is 10.2. The van der Waals surface area contributed by atoms with Crippen molar-refractivity contribution in [3.63, 3.8) is 0 Å². The third-order valence-corrected chi connectivity index (χ3v) is 1.76. The molecular weight excluding hydrogens is 114 g/mol. The first-order valence-electron chi connectivity index (χ1n) is 3.53. The standard InChI is InChI=1S/C7H13NO/c1-8-7(9)5-4-6-2-3-6/h6H,2-5H2,1H3,(H,8,9). The highest BCUT2D eigenvalue weighted by Crippen LogP contribution is 2.33. The molecule has 1 rings (SSSR count). The van der Waals surface area contributed by atoms with Gasteiger partial charge >= 0.3 is 0 Å². The molecule has 2 nitrogen and oxygen atoms in total. The van der Waals surface area contributed by atoms with Crippen LogP contribution in [0.2, 0.25) is 0 Å². The highest BCUT2D eigenvalue weighted by Gasteiger charge is 2.21. The molecule has 1 aliphatic rings. The molecule has 52 valence electrons. The molecule has 0 aromatic heterocycles. The van der Waals surface area contributed by atoms with E-state index in [0.717, 1.165) is 18.8 Å². The van der Waals surface area contributed by atoms with Gasteiger partial charge in [-0.25, -0.2) is 0 Å². The van der Waals surface area contributed by atoms with Gasteiger partial charge in [0.2, 0.25) is 5.91 Å². The molecule has 1 N–H and O–H groups in total. The largest absolute Gasteiger partial charge is 0.359 e. The summed E-state index contributed by atoms with van der Waals surface area (Å²) in [5, 5.41) is 2.61. The van der Waals surface area contributed by atoms with Crippen LogP contribution in [0, 0.1) is 5.92 Å². The van der Waals surface area contributed by atoms with Gasteiger partial charge in [0.05, 0.1) is 0 Å². The van der Waals surface area contributed by atoms with E-state index in [2.05, 4.69) is 5.32 Å². The van der Waals surface area contributed by atoms with Gasteiger partial charge in [0.25, 0.3) is 0 Å². The Kier molecular flexibility index (Phi) is 2.09. The van der Waals surface area contributed by atoms with E-state index < -0.39 is 0 Å². The average Bonchev–Trinajstić information content (AvgIpc) is 2.65. The molecule has 1 saturated carbocycles. The van der Waals surface area contributed by atoms with Gasteiger partial charge in [-0.05, 0) is 12.3 Å². The van der Waals surface area contributed by atoms with E-state index in [1.165, 1.54) is 12.8 Å². The Morgan fingerprint density at radius 2 is 2.33 bits per heavy atom. The molecule has 0 atom stereocenters. The monoisotopic (exact) mass is 127 g/mol. The Hall–Kier alpha value is -0.530. The maximum absolute atomic E-state index is 10.6. The van der Waals surface area contributed by atoms with Gasteiger partial charge in [-0.2, -0.15) is 0 Å². The van der Waals surface area contributed by atoms with Crippen LogP contribution in [-0.4, -0.2) is 13.0 Å². The third-order valence-electron chi connectivity index (χ3n) is 1.76. The van der Waals surface area contributed by atoms with E-state index in [9.17, 15) is 4.79 Å². The summed E-state index contributed by atoms with van der Waals surface area (Å²) in [6, 6.07) is 0. The summed E-state index contributed by atoms with van der Waals surface area (Å²) in [6.45, 7) is 0. The second-order valence-electron chi connectivity index (χ2n) is 2.66. The van der Waals surface area contributed by atoms with Crippen molar-refractivity contribution >= 4 is 5.91 Å². The van der Waals surface area contributed by atoms with E-state index in [0.29, 0.717) is 0 Å². The summed E-state index contributed by atoms with van der Waals surface area (Å²) < 4.78 is 0. The van der Waals surface area contributed by atoms with Crippen LogP contribution in [0.15, 0.2) is 0 Å². The predicted octanol–water partition coefficient (Wildman–Crippen LogP) is 0.923. The Bertz CT molecular complexity index is 107. The lowest BCUT2D eigenvalue weighted by molar-refractivity contribution is -0.120. The maximum Gasteiger partial charge on any atom is 0.219 e. The van der Waals surface area contributed by atoms with Crippen LogP contribution < -0.4 is 5.32 Å². The zero-order valence-corrected chi connectivity index (χ0v) is 5.81. The molecule has 0 saturated heterocycles. The van der Waals surface area contributed by atoms with Gasteiger partial charge in [-0.1, -0.05) is 12.8 Å². The Labute approximate surface area is 55.6 Å². The minimum atomic E-state index is 0.182. The zero-order chi connectivity index (χ0) is 6.69. The van der Waals surface area contributed by atoms with Crippen molar-refractivity contribution in [3.8, 4) is 0 Å². The molecule has 0 aromatic rings. The predicted molar refractivity (Wildman–Crippen MR) is 36.0 cm³/mol. The molecule has 0 spiro atoms. The van der Waals surface area contributed by atoms with Crippen molar-refractivity contribution < 1.29 is 4.79 Å². The molecule has 0 bridgehead atoms. The van der Waals surface area contributed by atoms with Crippen LogP contribution in [0.1, 0.15) is 25.7 Å². The van der Waals surface area contributed by atoms with Crippen molar-refractivity contribution in [2.24, 2.45) is 5.92 Å². The van der Waals surface area contributed by atoms with Gasteiger partial charge in [-0.3, -0.25) is 4.79 Å². The van der Waals surface area contributed by atoms with Crippen LogP contribution in [0.25, 0.3) is 0 Å². The fourth-order valence-corrected chi connectivity index (χ4v) is 0.867. The molecule has 9 heavy (non-hydrogen) atoms. The van der Waals surface area contributed by atoms with Crippen LogP contribution in [-0.2, 0) is 4.79 Å².